The number of carboxylic acid groups (broad SMARTS) is 1. The number of carbonyl (C=O) groups is 1. The Hall–Kier alpha value is -1.91. The summed E-state index contributed by atoms with van der Waals surface area (Å²) in [5, 5.41) is 8.91. The Morgan fingerprint density at radius 2 is 2.25 bits per heavy atom. The fourth-order valence-electron chi connectivity index (χ4n) is 1.70. The standard InChI is InChI=1S/C11H11FN2O2/c1-6(11(15)16)10-13-9-7(12)4-3-5-8(9)14(10)2/h3-6H,1-2H3,(H,15,16). The first-order valence-electron chi connectivity index (χ1n) is 4.86. The third kappa shape index (κ3) is 1.44. The van der Waals surface area contributed by atoms with E-state index in [0.29, 0.717) is 11.3 Å². The van der Waals surface area contributed by atoms with Crippen LogP contribution >= 0.6 is 0 Å². The van der Waals surface area contributed by atoms with Crippen LogP contribution in [0.4, 0.5) is 4.39 Å². The summed E-state index contributed by atoms with van der Waals surface area (Å²) in [6.45, 7) is 1.53. The molecule has 2 rings (SSSR count). The molecule has 84 valence electrons. The number of aliphatic carboxylic acids is 1. The lowest BCUT2D eigenvalue weighted by atomic mass is 10.2. The fourth-order valence-corrected chi connectivity index (χ4v) is 1.70. The maximum absolute atomic E-state index is 13.4. The molecule has 4 nitrogen and oxygen atoms in total. The smallest absolute Gasteiger partial charge is 0.313 e. The number of fused-ring (bicyclic) bond motifs is 1. The Balaban J connectivity index is 2.69. The van der Waals surface area contributed by atoms with Gasteiger partial charge in [-0.1, -0.05) is 6.07 Å². The molecule has 0 amide bonds. The van der Waals surface area contributed by atoms with Crippen LogP contribution in [0.3, 0.4) is 0 Å². The van der Waals surface area contributed by atoms with Gasteiger partial charge in [0.25, 0.3) is 0 Å². The van der Waals surface area contributed by atoms with Gasteiger partial charge < -0.3 is 9.67 Å². The molecule has 0 bridgehead atoms. The number of rotatable bonds is 2. The Morgan fingerprint density at radius 3 is 2.81 bits per heavy atom. The Morgan fingerprint density at radius 1 is 1.56 bits per heavy atom. The maximum atomic E-state index is 13.4. The second-order valence-corrected chi connectivity index (χ2v) is 3.70. The van der Waals surface area contributed by atoms with Crippen molar-refractivity contribution in [2.75, 3.05) is 0 Å². The second-order valence-electron chi connectivity index (χ2n) is 3.70. The monoisotopic (exact) mass is 222 g/mol. The summed E-state index contributed by atoms with van der Waals surface area (Å²) in [4.78, 5) is 14.9. The number of hydrogen-bond donors (Lipinski definition) is 1. The van der Waals surface area contributed by atoms with E-state index in [4.69, 9.17) is 5.11 Å². The van der Waals surface area contributed by atoms with Gasteiger partial charge in [-0.15, -0.1) is 0 Å². The summed E-state index contributed by atoms with van der Waals surface area (Å²) in [6, 6.07) is 4.60. The van der Waals surface area contributed by atoms with Gasteiger partial charge in [-0.3, -0.25) is 4.79 Å². The molecule has 0 aliphatic heterocycles. The van der Waals surface area contributed by atoms with E-state index >= 15 is 0 Å². The molecule has 16 heavy (non-hydrogen) atoms. The van der Waals surface area contributed by atoms with Crippen molar-refractivity contribution < 1.29 is 14.3 Å². The average Bonchev–Trinajstić information content (AvgIpc) is 2.57. The van der Waals surface area contributed by atoms with E-state index in [1.54, 1.807) is 23.7 Å². The van der Waals surface area contributed by atoms with Crippen LogP contribution < -0.4 is 0 Å². The van der Waals surface area contributed by atoms with Crippen molar-refractivity contribution in [1.82, 2.24) is 9.55 Å². The minimum atomic E-state index is -0.973. The summed E-state index contributed by atoms with van der Waals surface area (Å²) >= 11 is 0. The molecular weight excluding hydrogens is 211 g/mol. The maximum Gasteiger partial charge on any atom is 0.313 e. The molecule has 1 unspecified atom stereocenters. The first kappa shape index (κ1) is 10.6. The Labute approximate surface area is 91.3 Å². The van der Waals surface area contributed by atoms with Gasteiger partial charge in [-0.2, -0.15) is 0 Å². The zero-order valence-electron chi connectivity index (χ0n) is 8.94. The van der Waals surface area contributed by atoms with Crippen LogP contribution in [-0.2, 0) is 11.8 Å². The van der Waals surface area contributed by atoms with Gasteiger partial charge in [0.15, 0.2) is 5.82 Å². The molecule has 1 atom stereocenters. The predicted molar refractivity (Wildman–Crippen MR) is 56.7 cm³/mol. The summed E-state index contributed by atoms with van der Waals surface area (Å²) in [5.74, 6) is -1.81. The highest BCUT2D eigenvalue weighted by Gasteiger charge is 2.21. The topological polar surface area (TPSA) is 55.1 Å². The molecule has 5 heteroatoms. The zero-order chi connectivity index (χ0) is 11.9. The van der Waals surface area contributed by atoms with Gasteiger partial charge in [0, 0.05) is 7.05 Å². The van der Waals surface area contributed by atoms with Crippen molar-refractivity contribution in [2.45, 2.75) is 12.8 Å². The number of carboxylic acids is 1. The van der Waals surface area contributed by atoms with Crippen molar-refractivity contribution in [3.63, 3.8) is 0 Å². The SMILES string of the molecule is CC(C(=O)O)c1nc2c(F)cccc2n1C. The number of nitrogens with zero attached hydrogens (tertiary/aromatic N) is 2. The summed E-state index contributed by atoms with van der Waals surface area (Å²) in [6.07, 6.45) is 0. The van der Waals surface area contributed by atoms with E-state index in [2.05, 4.69) is 4.98 Å². The molecule has 1 N–H and O–H groups in total. The molecule has 0 aliphatic carbocycles. The van der Waals surface area contributed by atoms with Crippen molar-refractivity contribution in [3.05, 3.63) is 29.8 Å². The lowest BCUT2D eigenvalue weighted by Gasteiger charge is -2.05. The molecule has 0 spiro atoms. The van der Waals surface area contributed by atoms with Crippen molar-refractivity contribution in [3.8, 4) is 0 Å². The molecule has 0 saturated carbocycles. The third-order valence-electron chi connectivity index (χ3n) is 2.65. The van der Waals surface area contributed by atoms with Gasteiger partial charge in [0.1, 0.15) is 17.3 Å². The molecule has 2 aromatic rings. The lowest BCUT2D eigenvalue weighted by Crippen LogP contribution is -2.12. The average molecular weight is 222 g/mol. The number of imidazole rings is 1. The molecule has 1 aromatic heterocycles. The second kappa shape index (κ2) is 3.59. The molecule has 0 fully saturated rings. The van der Waals surface area contributed by atoms with E-state index in [-0.39, 0.29) is 5.52 Å². The van der Waals surface area contributed by atoms with Crippen LogP contribution in [0.15, 0.2) is 18.2 Å². The number of benzene rings is 1. The third-order valence-corrected chi connectivity index (χ3v) is 2.65. The van der Waals surface area contributed by atoms with Crippen LogP contribution in [-0.4, -0.2) is 20.6 Å². The molecule has 1 aromatic carbocycles. The van der Waals surface area contributed by atoms with E-state index in [9.17, 15) is 9.18 Å². The van der Waals surface area contributed by atoms with Crippen LogP contribution in [0.5, 0.6) is 0 Å². The lowest BCUT2D eigenvalue weighted by molar-refractivity contribution is -0.138. The van der Waals surface area contributed by atoms with Gasteiger partial charge in [0.05, 0.1) is 5.52 Å². The minimum Gasteiger partial charge on any atom is -0.481 e. The zero-order valence-corrected chi connectivity index (χ0v) is 8.94. The molecule has 1 heterocycles. The van der Waals surface area contributed by atoms with Crippen LogP contribution in [0.2, 0.25) is 0 Å². The van der Waals surface area contributed by atoms with E-state index < -0.39 is 17.7 Å². The normalized spacial score (nSPS) is 12.9. The highest BCUT2D eigenvalue weighted by Crippen LogP contribution is 2.22. The van der Waals surface area contributed by atoms with E-state index in [1.807, 2.05) is 0 Å². The fraction of sp³-hybridized carbons (Fsp3) is 0.273. The largest absolute Gasteiger partial charge is 0.481 e. The van der Waals surface area contributed by atoms with Crippen molar-refractivity contribution >= 4 is 17.0 Å². The minimum absolute atomic E-state index is 0.216. The van der Waals surface area contributed by atoms with Crippen LogP contribution in [0.25, 0.3) is 11.0 Å². The van der Waals surface area contributed by atoms with Crippen LogP contribution in [0.1, 0.15) is 18.7 Å². The molecule has 0 radical (unpaired) electrons. The first-order valence-corrected chi connectivity index (χ1v) is 4.86. The number of aryl methyl sites for hydroxylation is 1. The summed E-state index contributed by atoms with van der Waals surface area (Å²) in [5.41, 5.74) is 0.816. The molecular formula is C11H11FN2O2. The predicted octanol–water partition coefficient (Wildman–Crippen LogP) is 1.90. The van der Waals surface area contributed by atoms with Crippen molar-refractivity contribution in [2.24, 2.45) is 7.05 Å². The van der Waals surface area contributed by atoms with Gasteiger partial charge in [-0.25, -0.2) is 9.37 Å². The number of halogens is 1. The first-order chi connectivity index (χ1) is 7.52. The van der Waals surface area contributed by atoms with E-state index in [1.165, 1.54) is 13.0 Å². The number of para-hydroxylation sites is 1. The van der Waals surface area contributed by atoms with E-state index in [0.717, 1.165) is 0 Å². The van der Waals surface area contributed by atoms with Gasteiger partial charge in [0.2, 0.25) is 0 Å². The van der Waals surface area contributed by atoms with Gasteiger partial charge in [-0.05, 0) is 19.1 Å². The highest BCUT2D eigenvalue weighted by molar-refractivity contribution is 5.80. The van der Waals surface area contributed by atoms with Gasteiger partial charge >= 0.3 is 5.97 Å². The Bertz CT molecular complexity index is 562. The number of hydrogen-bond acceptors (Lipinski definition) is 2. The van der Waals surface area contributed by atoms with Crippen molar-refractivity contribution in [1.29, 1.82) is 0 Å². The Kier molecular flexibility index (Phi) is 2.38. The number of aromatic nitrogens is 2. The summed E-state index contributed by atoms with van der Waals surface area (Å²) in [7, 11) is 1.68. The molecule has 0 saturated heterocycles. The highest BCUT2D eigenvalue weighted by atomic mass is 19.1. The quantitative estimate of drug-likeness (QED) is 0.844. The van der Waals surface area contributed by atoms with Crippen LogP contribution in [0, 0.1) is 5.82 Å². The molecule has 0 aliphatic rings. The summed E-state index contributed by atoms with van der Waals surface area (Å²) < 4.78 is 15.0.